The van der Waals surface area contributed by atoms with Crippen LogP contribution in [0.1, 0.15) is 30.0 Å². The van der Waals surface area contributed by atoms with E-state index in [0.29, 0.717) is 11.7 Å². The number of hydrogen-bond acceptors (Lipinski definition) is 2. The van der Waals surface area contributed by atoms with Crippen molar-refractivity contribution < 1.29 is 4.79 Å². The van der Waals surface area contributed by atoms with Gasteiger partial charge in [-0.25, -0.2) is 0 Å². The maximum absolute atomic E-state index is 12.3. The van der Waals surface area contributed by atoms with Crippen LogP contribution in [-0.4, -0.2) is 24.8 Å². The fourth-order valence-electron chi connectivity index (χ4n) is 2.17. The SMILES string of the molecule is Cc1ccccc1[C@H](C(=O)C1CC1)N(C)C. The quantitative estimate of drug-likeness (QED) is 0.772. The summed E-state index contributed by atoms with van der Waals surface area (Å²) in [5.41, 5.74) is 2.36. The Labute approximate surface area is 97.3 Å². The summed E-state index contributed by atoms with van der Waals surface area (Å²) in [4.78, 5) is 14.3. The van der Waals surface area contributed by atoms with Gasteiger partial charge >= 0.3 is 0 Å². The van der Waals surface area contributed by atoms with Gasteiger partial charge < -0.3 is 0 Å². The van der Waals surface area contributed by atoms with Crippen molar-refractivity contribution in [3.05, 3.63) is 35.4 Å². The van der Waals surface area contributed by atoms with E-state index in [1.807, 2.05) is 31.1 Å². The Kier molecular flexibility index (Phi) is 3.10. The monoisotopic (exact) mass is 217 g/mol. The van der Waals surface area contributed by atoms with Crippen LogP contribution >= 0.6 is 0 Å². The number of likely N-dealkylation sites (N-methyl/N-ethyl adjacent to an activating group) is 1. The Morgan fingerprint density at radius 3 is 2.44 bits per heavy atom. The number of rotatable bonds is 4. The van der Waals surface area contributed by atoms with Gasteiger partial charge in [-0.15, -0.1) is 0 Å². The molecule has 0 unspecified atom stereocenters. The lowest BCUT2D eigenvalue weighted by atomic mass is 9.95. The van der Waals surface area contributed by atoms with Gasteiger partial charge in [-0.2, -0.15) is 0 Å². The van der Waals surface area contributed by atoms with E-state index in [0.717, 1.165) is 18.4 Å². The van der Waals surface area contributed by atoms with Crippen molar-refractivity contribution in [2.24, 2.45) is 5.92 Å². The largest absolute Gasteiger partial charge is 0.297 e. The summed E-state index contributed by atoms with van der Waals surface area (Å²) >= 11 is 0. The van der Waals surface area contributed by atoms with E-state index in [2.05, 4.69) is 19.1 Å². The van der Waals surface area contributed by atoms with Crippen LogP contribution in [0.5, 0.6) is 0 Å². The van der Waals surface area contributed by atoms with Crippen molar-refractivity contribution in [1.29, 1.82) is 0 Å². The molecule has 0 N–H and O–H groups in total. The normalized spacial score (nSPS) is 17.5. The molecule has 2 heteroatoms. The Morgan fingerprint density at radius 2 is 1.94 bits per heavy atom. The molecule has 1 aliphatic rings. The Balaban J connectivity index is 2.32. The number of aryl methyl sites for hydroxylation is 1. The second-order valence-corrected chi connectivity index (χ2v) is 4.90. The molecule has 1 atom stereocenters. The van der Waals surface area contributed by atoms with Crippen LogP contribution in [-0.2, 0) is 4.79 Å². The number of nitrogens with zero attached hydrogens (tertiary/aromatic N) is 1. The second kappa shape index (κ2) is 4.38. The lowest BCUT2D eigenvalue weighted by Gasteiger charge is -2.25. The molecule has 0 amide bonds. The summed E-state index contributed by atoms with van der Waals surface area (Å²) in [6.45, 7) is 2.08. The lowest BCUT2D eigenvalue weighted by molar-refractivity contribution is -0.124. The third-order valence-electron chi connectivity index (χ3n) is 3.25. The van der Waals surface area contributed by atoms with E-state index in [9.17, 15) is 4.79 Å². The van der Waals surface area contributed by atoms with E-state index in [4.69, 9.17) is 0 Å². The molecule has 0 saturated heterocycles. The molecular weight excluding hydrogens is 198 g/mol. The second-order valence-electron chi connectivity index (χ2n) is 4.90. The smallest absolute Gasteiger partial charge is 0.157 e. The van der Waals surface area contributed by atoms with Crippen LogP contribution < -0.4 is 0 Å². The molecule has 0 bridgehead atoms. The van der Waals surface area contributed by atoms with Gasteiger partial charge in [0.25, 0.3) is 0 Å². The van der Waals surface area contributed by atoms with Crippen molar-refractivity contribution >= 4 is 5.78 Å². The molecule has 0 spiro atoms. The molecule has 2 rings (SSSR count). The zero-order valence-corrected chi connectivity index (χ0v) is 10.2. The maximum atomic E-state index is 12.3. The predicted molar refractivity (Wildman–Crippen MR) is 65.3 cm³/mol. The molecule has 0 aliphatic heterocycles. The molecule has 1 aromatic carbocycles. The number of carbonyl (C=O) groups excluding carboxylic acids is 1. The van der Waals surface area contributed by atoms with Crippen molar-refractivity contribution in [3.63, 3.8) is 0 Å². The Bertz CT molecular complexity index is 393. The third-order valence-corrected chi connectivity index (χ3v) is 3.25. The fourth-order valence-corrected chi connectivity index (χ4v) is 2.17. The van der Waals surface area contributed by atoms with Gasteiger partial charge in [-0.3, -0.25) is 9.69 Å². The number of benzene rings is 1. The summed E-state index contributed by atoms with van der Waals surface area (Å²) in [5, 5.41) is 0. The molecule has 86 valence electrons. The van der Waals surface area contributed by atoms with E-state index >= 15 is 0 Å². The van der Waals surface area contributed by atoms with Crippen LogP contribution in [0.15, 0.2) is 24.3 Å². The summed E-state index contributed by atoms with van der Waals surface area (Å²) in [7, 11) is 3.97. The van der Waals surface area contributed by atoms with Crippen molar-refractivity contribution in [2.45, 2.75) is 25.8 Å². The molecule has 0 aromatic heterocycles. The highest BCUT2D eigenvalue weighted by Crippen LogP contribution is 2.36. The average Bonchev–Trinajstić information content (AvgIpc) is 3.04. The first-order valence-electron chi connectivity index (χ1n) is 5.87. The number of ketones is 1. The van der Waals surface area contributed by atoms with Crippen LogP contribution in [0.2, 0.25) is 0 Å². The average molecular weight is 217 g/mol. The van der Waals surface area contributed by atoms with Gasteiger partial charge in [0, 0.05) is 5.92 Å². The van der Waals surface area contributed by atoms with Crippen molar-refractivity contribution in [2.75, 3.05) is 14.1 Å². The van der Waals surface area contributed by atoms with Gasteiger partial charge in [0.2, 0.25) is 0 Å². The summed E-state index contributed by atoms with van der Waals surface area (Å²) in [6.07, 6.45) is 2.16. The van der Waals surface area contributed by atoms with E-state index < -0.39 is 0 Å². The standard InChI is InChI=1S/C14H19NO/c1-10-6-4-5-7-12(10)13(15(2)3)14(16)11-8-9-11/h4-7,11,13H,8-9H2,1-3H3/t13-/m1/s1. The maximum Gasteiger partial charge on any atom is 0.157 e. The Hall–Kier alpha value is -1.15. The topological polar surface area (TPSA) is 20.3 Å². The fraction of sp³-hybridized carbons (Fsp3) is 0.500. The van der Waals surface area contributed by atoms with Gasteiger partial charge in [0.15, 0.2) is 5.78 Å². The molecule has 2 nitrogen and oxygen atoms in total. The first-order valence-corrected chi connectivity index (χ1v) is 5.87. The summed E-state index contributed by atoms with van der Waals surface area (Å²) < 4.78 is 0. The molecule has 1 aromatic rings. The molecule has 0 heterocycles. The van der Waals surface area contributed by atoms with E-state index in [1.54, 1.807) is 0 Å². The minimum atomic E-state index is -0.0614. The summed E-state index contributed by atoms with van der Waals surface area (Å²) in [6, 6.07) is 8.12. The molecule has 0 radical (unpaired) electrons. The van der Waals surface area contributed by atoms with Gasteiger partial charge in [-0.1, -0.05) is 24.3 Å². The van der Waals surface area contributed by atoms with Crippen molar-refractivity contribution in [1.82, 2.24) is 4.90 Å². The van der Waals surface area contributed by atoms with Gasteiger partial charge in [-0.05, 0) is 45.0 Å². The first-order chi connectivity index (χ1) is 7.61. The molecule has 1 fully saturated rings. The number of carbonyl (C=O) groups is 1. The zero-order valence-electron chi connectivity index (χ0n) is 10.2. The highest BCUT2D eigenvalue weighted by molar-refractivity contribution is 5.89. The molecule has 1 saturated carbocycles. The zero-order chi connectivity index (χ0) is 11.7. The van der Waals surface area contributed by atoms with Crippen LogP contribution in [0, 0.1) is 12.8 Å². The molecule has 1 aliphatic carbocycles. The summed E-state index contributed by atoms with van der Waals surface area (Å²) in [5.74, 6) is 0.700. The molecular formula is C14H19NO. The number of hydrogen-bond donors (Lipinski definition) is 0. The highest BCUT2D eigenvalue weighted by Gasteiger charge is 2.36. The highest BCUT2D eigenvalue weighted by atomic mass is 16.1. The van der Waals surface area contributed by atoms with Gasteiger partial charge in [0.1, 0.15) is 0 Å². The van der Waals surface area contributed by atoms with Crippen LogP contribution in [0.25, 0.3) is 0 Å². The van der Waals surface area contributed by atoms with Crippen LogP contribution in [0.4, 0.5) is 0 Å². The molecule has 16 heavy (non-hydrogen) atoms. The van der Waals surface area contributed by atoms with Crippen molar-refractivity contribution in [3.8, 4) is 0 Å². The van der Waals surface area contributed by atoms with E-state index in [1.165, 1.54) is 5.56 Å². The van der Waals surface area contributed by atoms with Gasteiger partial charge in [0.05, 0.1) is 6.04 Å². The first kappa shape index (κ1) is 11.3. The van der Waals surface area contributed by atoms with Crippen LogP contribution in [0.3, 0.4) is 0 Å². The number of Topliss-reactive ketones (excluding diaryl/α,β-unsaturated/α-hetero) is 1. The Morgan fingerprint density at radius 1 is 1.31 bits per heavy atom. The lowest BCUT2D eigenvalue weighted by Crippen LogP contribution is -2.29. The third kappa shape index (κ3) is 2.17. The van der Waals surface area contributed by atoms with E-state index in [-0.39, 0.29) is 6.04 Å². The minimum absolute atomic E-state index is 0.0614. The predicted octanol–water partition coefficient (Wildman–Crippen LogP) is 2.58. The minimum Gasteiger partial charge on any atom is -0.297 e.